The Bertz CT molecular complexity index is 288. The van der Waals surface area contributed by atoms with Crippen LogP contribution in [0.15, 0.2) is 0 Å². The minimum Gasteiger partial charge on any atom is -0.353 e. The monoisotopic (exact) mass is 188 g/mol. The third kappa shape index (κ3) is 2.07. The van der Waals surface area contributed by atoms with Gasteiger partial charge in [0.05, 0.1) is 0 Å². The predicted molar refractivity (Wildman–Crippen MR) is 43.3 cm³/mol. The van der Waals surface area contributed by atoms with Crippen molar-refractivity contribution in [2.75, 3.05) is 18.0 Å². The van der Waals surface area contributed by atoms with Gasteiger partial charge in [-0.2, -0.15) is 13.8 Å². The molecule has 1 rings (SSSR count). The number of aromatic nitrogens is 3. The first-order valence-corrected chi connectivity index (χ1v) is 3.99. The maximum Gasteiger partial charge on any atom is 0.329 e. The summed E-state index contributed by atoms with van der Waals surface area (Å²) in [5, 5.41) is 5.86. The molecule has 1 aromatic rings. The van der Waals surface area contributed by atoms with Crippen LogP contribution in [0.1, 0.15) is 13.8 Å². The second kappa shape index (κ2) is 4.06. The lowest BCUT2D eigenvalue weighted by atomic mass is 10.5. The number of nitrogens with zero attached hydrogens (tertiary/aromatic N) is 4. The van der Waals surface area contributed by atoms with Crippen molar-refractivity contribution in [3.8, 4) is 0 Å². The second-order valence-corrected chi connectivity index (χ2v) is 2.37. The van der Waals surface area contributed by atoms with Crippen LogP contribution in [0.3, 0.4) is 0 Å². The van der Waals surface area contributed by atoms with Crippen molar-refractivity contribution in [3.05, 3.63) is 12.0 Å². The lowest BCUT2D eigenvalue weighted by molar-refractivity contribution is 0.468. The van der Waals surface area contributed by atoms with Gasteiger partial charge in [-0.05, 0) is 13.8 Å². The molecule has 1 heterocycles. The normalized spacial score (nSPS) is 10.2. The Morgan fingerprint density at radius 1 is 1.15 bits per heavy atom. The molecule has 13 heavy (non-hydrogen) atoms. The average molecular weight is 188 g/mol. The molecule has 0 spiro atoms. The van der Waals surface area contributed by atoms with E-state index >= 15 is 0 Å². The van der Waals surface area contributed by atoms with Crippen LogP contribution in [-0.2, 0) is 0 Å². The summed E-state index contributed by atoms with van der Waals surface area (Å²) >= 11 is 0. The maximum absolute atomic E-state index is 12.9. The van der Waals surface area contributed by atoms with Crippen LogP contribution < -0.4 is 4.90 Å². The Morgan fingerprint density at radius 3 is 2.31 bits per heavy atom. The Labute approximate surface area is 74.6 Å². The third-order valence-electron chi connectivity index (χ3n) is 1.67. The minimum atomic E-state index is -1.01. The molecule has 0 atom stereocenters. The van der Waals surface area contributed by atoms with E-state index in [1.54, 1.807) is 4.90 Å². The molecule has 0 aliphatic carbocycles. The van der Waals surface area contributed by atoms with Gasteiger partial charge in [0.15, 0.2) is 5.82 Å². The van der Waals surface area contributed by atoms with Crippen molar-refractivity contribution >= 4 is 5.82 Å². The fourth-order valence-electron chi connectivity index (χ4n) is 1.01. The molecule has 0 N–H and O–H groups in total. The van der Waals surface area contributed by atoms with Crippen LogP contribution in [0.2, 0.25) is 0 Å². The molecular formula is C7H10F2N4. The van der Waals surface area contributed by atoms with Gasteiger partial charge in [0.25, 0.3) is 5.95 Å². The van der Waals surface area contributed by atoms with E-state index in [0.29, 0.717) is 13.1 Å². The van der Waals surface area contributed by atoms with Crippen molar-refractivity contribution in [3.63, 3.8) is 0 Å². The van der Waals surface area contributed by atoms with Crippen molar-refractivity contribution < 1.29 is 8.78 Å². The van der Waals surface area contributed by atoms with Gasteiger partial charge in [-0.15, -0.1) is 5.10 Å². The molecule has 0 saturated carbocycles. The number of hydrogen-bond acceptors (Lipinski definition) is 4. The van der Waals surface area contributed by atoms with E-state index in [2.05, 4.69) is 15.2 Å². The molecule has 72 valence electrons. The van der Waals surface area contributed by atoms with Crippen molar-refractivity contribution in [1.82, 2.24) is 15.2 Å². The van der Waals surface area contributed by atoms with Gasteiger partial charge in [0.1, 0.15) is 0 Å². The summed E-state index contributed by atoms with van der Waals surface area (Å²) in [7, 11) is 0. The number of anilines is 1. The van der Waals surface area contributed by atoms with E-state index in [9.17, 15) is 8.78 Å². The summed E-state index contributed by atoms with van der Waals surface area (Å²) in [5.74, 6) is -0.928. The third-order valence-corrected chi connectivity index (χ3v) is 1.67. The largest absolute Gasteiger partial charge is 0.353 e. The molecular weight excluding hydrogens is 178 g/mol. The van der Waals surface area contributed by atoms with Crippen LogP contribution in [-0.4, -0.2) is 28.3 Å². The first-order valence-electron chi connectivity index (χ1n) is 3.99. The highest BCUT2D eigenvalue weighted by Gasteiger charge is 2.13. The Balaban J connectivity index is 3.03. The van der Waals surface area contributed by atoms with E-state index in [1.807, 2.05) is 13.8 Å². The molecule has 0 unspecified atom stereocenters. The molecule has 0 amide bonds. The van der Waals surface area contributed by atoms with Crippen molar-refractivity contribution in [1.29, 1.82) is 0 Å². The fourth-order valence-corrected chi connectivity index (χ4v) is 1.01. The average Bonchev–Trinajstić information content (AvgIpc) is 2.13. The molecule has 0 radical (unpaired) electrons. The molecule has 0 aliphatic heterocycles. The topological polar surface area (TPSA) is 41.9 Å². The highest BCUT2D eigenvalue weighted by atomic mass is 19.1. The van der Waals surface area contributed by atoms with Gasteiger partial charge in [-0.3, -0.25) is 0 Å². The maximum atomic E-state index is 12.9. The zero-order chi connectivity index (χ0) is 9.84. The van der Waals surface area contributed by atoms with E-state index < -0.39 is 12.0 Å². The second-order valence-electron chi connectivity index (χ2n) is 2.37. The molecule has 6 heteroatoms. The summed E-state index contributed by atoms with van der Waals surface area (Å²) in [5.41, 5.74) is 0. The van der Waals surface area contributed by atoms with Gasteiger partial charge in [0, 0.05) is 13.1 Å². The molecule has 0 saturated heterocycles. The number of halogens is 2. The zero-order valence-corrected chi connectivity index (χ0v) is 7.46. The molecule has 0 aromatic carbocycles. The van der Waals surface area contributed by atoms with E-state index in [-0.39, 0.29) is 5.82 Å². The molecule has 0 fully saturated rings. The molecule has 0 bridgehead atoms. The molecule has 0 aliphatic rings. The zero-order valence-electron chi connectivity index (χ0n) is 7.46. The van der Waals surface area contributed by atoms with Gasteiger partial charge in [-0.1, -0.05) is 5.10 Å². The Hall–Kier alpha value is -1.33. The number of rotatable bonds is 3. The lowest BCUT2D eigenvalue weighted by Crippen LogP contribution is -2.25. The van der Waals surface area contributed by atoms with Crippen LogP contribution in [0.5, 0.6) is 0 Å². The SMILES string of the molecule is CCN(CC)c1nc(F)nnc1F. The Morgan fingerprint density at radius 2 is 1.77 bits per heavy atom. The summed E-state index contributed by atoms with van der Waals surface area (Å²) in [6.07, 6.45) is -1.01. The van der Waals surface area contributed by atoms with Crippen LogP contribution in [0.4, 0.5) is 14.6 Å². The first-order chi connectivity index (χ1) is 6.19. The summed E-state index contributed by atoms with van der Waals surface area (Å²) in [4.78, 5) is 4.89. The highest BCUT2D eigenvalue weighted by Crippen LogP contribution is 2.12. The van der Waals surface area contributed by atoms with Crippen LogP contribution in [0, 0.1) is 12.0 Å². The first kappa shape index (κ1) is 9.76. The fraction of sp³-hybridized carbons (Fsp3) is 0.571. The lowest BCUT2D eigenvalue weighted by Gasteiger charge is -2.18. The van der Waals surface area contributed by atoms with Gasteiger partial charge < -0.3 is 4.90 Å². The van der Waals surface area contributed by atoms with Gasteiger partial charge in [-0.25, -0.2) is 0 Å². The number of hydrogen-bond donors (Lipinski definition) is 0. The standard InChI is InChI=1S/C7H10F2N4/c1-3-13(4-2)6-5(8)11-12-7(9)10-6/h3-4H2,1-2H3. The van der Waals surface area contributed by atoms with Crippen LogP contribution in [0.25, 0.3) is 0 Å². The van der Waals surface area contributed by atoms with Crippen LogP contribution >= 0.6 is 0 Å². The minimum absolute atomic E-state index is 0.0856. The molecule has 4 nitrogen and oxygen atoms in total. The highest BCUT2D eigenvalue weighted by molar-refractivity contribution is 5.35. The Kier molecular flexibility index (Phi) is 3.05. The van der Waals surface area contributed by atoms with Gasteiger partial charge in [0.2, 0.25) is 0 Å². The van der Waals surface area contributed by atoms with Crippen molar-refractivity contribution in [2.24, 2.45) is 0 Å². The smallest absolute Gasteiger partial charge is 0.329 e. The van der Waals surface area contributed by atoms with E-state index in [1.165, 1.54) is 0 Å². The van der Waals surface area contributed by atoms with E-state index in [0.717, 1.165) is 0 Å². The van der Waals surface area contributed by atoms with Gasteiger partial charge >= 0.3 is 6.08 Å². The van der Waals surface area contributed by atoms with Crippen molar-refractivity contribution in [2.45, 2.75) is 13.8 Å². The summed E-state index contributed by atoms with van der Waals surface area (Å²) in [6.45, 7) is 4.74. The quantitative estimate of drug-likeness (QED) is 0.709. The molecule has 1 aromatic heterocycles. The summed E-state index contributed by atoms with van der Waals surface area (Å²) < 4.78 is 25.5. The predicted octanol–water partition coefficient (Wildman–Crippen LogP) is 0.996. The summed E-state index contributed by atoms with van der Waals surface area (Å²) in [6, 6.07) is 0. The van der Waals surface area contributed by atoms with E-state index in [4.69, 9.17) is 0 Å².